The van der Waals surface area contributed by atoms with Crippen LogP contribution in [0.15, 0.2) is 18.2 Å². The van der Waals surface area contributed by atoms with Gasteiger partial charge in [0.05, 0.1) is 12.7 Å². The number of methoxy groups -OCH3 is 1. The second kappa shape index (κ2) is 4.06. The SMILES string of the molecule is COC(=O)c1ccc2c(c1)C(C)CC(C)(C)N2. The molecule has 0 radical (unpaired) electrons. The number of carbonyl (C=O) groups excluding carboxylic acids is 1. The molecule has 0 saturated carbocycles. The monoisotopic (exact) mass is 233 g/mol. The quantitative estimate of drug-likeness (QED) is 0.757. The van der Waals surface area contributed by atoms with Crippen molar-refractivity contribution < 1.29 is 9.53 Å². The molecule has 1 unspecified atom stereocenters. The fraction of sp³-hybridized carbons (Fsp3) is 0.500. The van der Waals surface area contributed by atoms with Crippen LogP contribution in [-0.2, 0) is 4.74 Å². The highest BCUT2D eigenvalue weighted by molar-refractivity contribution is 5.90. The average Bonchev–Trinajstić information content (AvgIpc) is 2.26. The first kappa shape index (κ1) is 12.0. The summed E-state index contributed by atoms with van der Waals surface area (Å²) in [4.78, 5) is 11.5. The van der Waals surface area contributed by atoms with Gasteiger partial charge in [0.15, 0.2) is 0 Å². The van der Waals surface area contributed by atoms with Crippen LogP contribution < -0.4 is 5.32 Å². The number of nitrogens with one attached hydrogen (secondary N) is 1. The Labute approximate surface area is 102 Å². The van der Waals surface area contributed by atoms with Crippen molar-refractivity contribution in [2.24, 2.45) is 0 Å². The molecule has 1 heterocycles. The van der Waals surface area contributed by atoms with Gasteiger partial charge in [-0.05, 0) is 49.9 Å². The maximum Gasteiger partial charge on any atom is 0.337 e. The summed E-state index contributed by atoms with van der Waals surface area (Å²) in [5, 5.41) is 3.50. The average molecular weight is 233 g/mol. The van der Waals surface area contributed by atoms with Gasteiger partial charge in [-0.2, -0.15) is 0 Å². The van der Waals surface area contributed by atoms with E-state index in [1.807, 2.05) is 18.2 Å². The topological polar surface area (TPSA) is 38.3 Å². The van der Waals surface area contributed by atoms with Gasteiger partial charge < -0.3 is 10.1 Å². The predicted octanol–water partition coefficient (Wildman–Crippen LogP) is 3.17. The van der Waals surface area contributed by atoms with Crippen molar-refractivity contribution in [3.63, 3.8) is 0 Å². The molecule has 2 rings (SSSR count). The van der Waals surface area contributed by atoms with Gasteiger partial charge in [0.1, 0.15) is 0 Å². The third-order valence-corrected chi connectivity index (χ3v) is 3.29. The summed E-state index contributed by atoms with van der Waals surface area (Å²) >= 11 is 0. The van der Waals surface area contributed by atoms with Gasteiger partial charge in [-0.15, -0.1) is 0 Å². The molecular formula is C14H19NO2. The molecule has 0 amide bonds. The second-order valence-electron chi connectivity index (χ2n) is 5.41. The van der Waals surface area contributed by atoms with Crippen molar-refractivity contribution in [1.82, 2.24) is 0 Å². The summed E-state index contributed by atoms with van der Waals surface area (Å²) in [6.07, 6.45) is 1.06. The second-order valence-corrected chi connectivity index (χ2v) is 5.41. The van der Waals surface area contributed by atoms with Gasteiger partial charge in [-0.3, -0.25) is 0 Å². The lowest BCUT2D eigenvalue weighted by atomic mass is 9.81. The van der Waals surface area contributed by atoms with E-state index in [1.54, 1.807) is 0 Å². The van der Waals surface area contributed by atoms with E-state index in [1.165, 1.54) is 12.7 Å². The van der Waals surface area contributed by atoms with Crippen LogP contribution in [0.3, 0.4) is 0 Å². The number of hydrogen-bond donors (Lipinski definition) is 1. The number of rotatable bonds is 1. The first-order valence-corrected chi connectivity index (χ1v) is 5.93. The van der Waals surface area contributed by atoms with E-state index in [0.29, 0.717) is 11.5 Å². The normalized spacial score (nSPS) is 21.3. The van der Waals surface area contributed by atoms with Crippen LogP contribution in [0.1, 0.15) is 49.0 Å². The third kappa shape index (κ3) is 2.28. The zero-order valence-corrected chi connectivity index (χ0v) is 10.8. The number of anilines is 1. The van der Waals surface area contributed by atoms with Crippen molar-refractivity contribution in [3.05, 3.63) is 29.3 Å². The Hall–Kier alpha value is -1.51. The van der Waals surface area contributed by atoms with Gasteiger partial charge in [0, 0.05) is 11.2 Å². The Morgan fingerprint density at radius 3 is 2.82 bits per heavy atom. The van der Waals surface area contributed by atoms with Crippen molar-refractivity contribution in [2.75, 3.05) is 12.4 Å². The minimum Gasteiger partial charge on any atom is -0.465 e. The zero-order chi connectivity index (χ0) is 12.6. The van der Waals surface area contributed by atoms with E-state index in [2.05, 4.69) is 26.1 Å². The molecule has 0 aliphatic carbocycles. The zero-order valence-electron chi connectivity index (χ0n) is 10.8. The van der Waals surface area contributed by atoms with E-state index in [4.69, 9.17) is 4.74 Å². The lowest BCUT2D eigenvalue weighted by Gasteiger charge is -2.37. The largest absolute Gasteiger partial charge is 0.465 e. The predicted molar refractivity (Wildman–Crippen MR) is 68.5 cm³/mol. The number of esters is 1. The Bertz CT molecular complexity index is 452. The third-order valence-electron chi connectivity index (χ3n) is 3.29. The van der Waals surface area contributed by atoms with E-state index < -0.39 is 0 Å². The fourth-order valence-electron chi connectivity index (χ4n) is 2.62. The Kier molecular flexibility index (Phi) is 2.86. The molecule has 3 nitrogen and oxygen atoms in total. The van der Waals surface area contributed by atoms with Gasteiger partial charge in [0.25, 0.3) is 0 Å². The molecule has 17 heavy (non-hydrogen) atoms. The molecule has 1 aliphatic rings. The van der Waals surface area contributed by atoms with Crippen LogP contribution in [0, 0.1) is 0 Å². The molecule has 1 aromatic rings. The standard InChI is InChI=1S/C14H19NO2/c1-9-8-14(2,3)15-12-6-5-10(7-11(9)12)13(16)17-4/h5-7,9,15H,8H2,1-4H3. The number of hydrogen-bond acceptors (Lipinski definition) is 3. The molecule has 0 aromatic heterocycles. The van der Waals surface area contributed by atoms with E-state index in [0.717, 1.165) is 12.1 Å². The van der Waals surface area contributed by atoms with Crippen LogP contribution in [0.5, 0.6) is 0 Å². The molecule has 1 aromatic carbocycles. The van der Waals surface area contributed by atoms with Crippen molar-refractivity contribution in [1.29, 1.82) is 0 Å². The lowest BCUT2D eigenvalue weighted by molar-refractivity contribution is 0.0600. The first-order chi connectivity index (χ1) is 7.93. The fourth-order valence-corrected chi connectivity index (χ4v) is 2.62. The number of ether oxygens (including phenoxy) is 1. The number of benzene rings is 1. The lowest BCUT2D eigenvalue weighted by Crippen LogP contribution is -2.36. The molecular weight excluding hydrogens is 214 g/mol. The van der Waals surface area contributed by atoms with E-state index in [9.17, 15) is 4.79 Å². The summed E-state index contributed by atoms with van der Waals surface area (Å²) in [6.45, 7) is 6.59. The summed E-state index contributed by atoms with van der Waals surface area (Å²) < 4.78 is 4.74. The van der Waals surface area contributed by atoms with Crippen molar-refractivity contribution in [3.8, 4) is 0 Å². The summed E-state index contributed by atoms with van der Waals surface area (Å²) in [6, 6.07) is 5.72. The first-order valence-electron chi connectivity index (χ1n) is 5.93. The Morgan fingerprint density at radius 1 is 1.47 bits per heavy atom. The summed E-state index contributed by atoms with van der Waals surface area (Å²) in [5.74, 6) is 0.177. The highest BCUT2D eigenvalue weighted by Crippen LogP contribution is 2.38. The maximum atomic E-state index is 11.5. The molecule has 1 aliphatic heterocycles. The van der Waals surface area contributed by atoms with E-state index in [-0.39, 0.29) is 11.5 Å². The van der Waals surface area contributed by atoms with E-state index >= 15 is 0 Å². The minimum absolute atomic E-state index is 0.110. The van der Waals surface area contributed by atoms with Crippen LogP contribution in [0.4, 0.5) is 5.69 Å². The molecule has 1 N–H and O–H groups in total. The molecule has 3 heteroatoms. The van der Waals surface area contributed by atoms with Crippen LogP contribution in [0.25, 0.3) is 0 Å². The number of fused-ring (bicyclic) bond motifs is 1. The molecule has 1 atom stereocenters. The van der Waals surface area contributed by atoms with Crippen LogP contribution in [0.2, 0.25) is 0 Å². The van der Waals surface area contributed by atoms with Gasteiger partial charge in [-0.25, -0.2) is 4.79 Å². The Balaban J connectivity index is 2.40. The van der Waals surface area contributed by atoms with Gasteiger partial charge >= 0.3 is 5.97 Å². The highest BCUT2D eigenvalue weighted by atomic mass is 16.5. The summed E-state index contributed by atoms with van der Waals surface area (Å²) in [5.41, 5.74) is 3.06. The molecule has 0 spiro atoms. The molecule has 0 fully saturated rings. The summed E-state index contributed by atoms with van der Waals surface area (Å²) in [7, 11) is 1.41. The smallest absolute Gasteiger partial charge is 0.337 e. The molecule has 92 valence electrons. The number of carbonyl (C=O) groups is 1. The van der Waals surface area contributed by atoms with Gasteiger partial charge in [-0.1, -0.05) is 6.92 Å². The van der Waals surface area contributed by atoms with Crippen LogP contribution >= 0.6 is 0 Å². The van der Waals surface area contributed by atoms with Crippen LogP contribution in [-0.4, -0.2) is 18.6 Å². The molecule has 0 bridgehead atoms. The van der Waals surface area contributed by atoms with Crippen molar-refractivity contribution >= 4 is 11.7 Å². The maximum absolute atomic E-state index is 11.5. The molecule has 0 saturated heterocycles. The van der Waals surface area contributed by atoms with Gasteiger partial charge in [0.2, 0.25) is 0 Å². The van der Waals surface area contributed by atoms with Crippen molar-refractivity contribution in [2.45, 2.75) is 38.6 Å². The Morgan fingerprint density at radius 2 is 2.18 bits per heavy atom. The highest BCUT2D eigenvalue weighted by Gasteiger charge is 2.29. The minimum atomic E-state index is -0.273.